The second-order valence-electron chi connectivity index (χ2n) is 6.03. The van der Waals surface area contributed by atoms with Crippen LogP contribution in [-0.4, -0.2) is 37.0 Å². The summed E-state index contributed by atoms with van der Waals surface area (Å²) in [5.41, 5.74) is 3.56. The Morgan fingerprint density at radius 1 is 0.958 bits per heavy atom. The van der Waals surface area contributed by atoms with Gasteiger partial charge in [0, 0.05) is 25.8 Å². The minimum absolute atomic E-state index is 0.183. The van der Waals surface area contributed by atoms with E-state index in [1.165, 1.54) is 5.56 Å². The van der Waals surface area contributed by atoms with E-state index >= 15 is 0 Å². The molecular formula is C19H22N4O. The third-order valence-corrected chi connectivity index (χ3v) is 3.55. The predicted molar refractivity (Wildman–Crippen MR) is 95.5 cm³/mol. The molecule has 0 unspecified atom stereocenters. The molecule has 0 aliphatic carbocycles. The highest BCUT2D eigenvalue weighted by Crippen LogP contribution is 2.12. The quantitative estimate of drug-likeness (QED) is 0.919. The van der Waals surface area contributed by atoms with Crippen LogP contribution < -0.4 is 5.32 Å². The molecule has 0 saturated heterocycles. The summed E-state index contributed by atoms with van der Waals surface area (Å²) in [6.07, 6.45) is 0. The van der Waals surface area contributed by atoms with E-state index in [4.69, 9.17) is 5.26 Å². The number of amides is 2. The van der Waals surface area contributed by atoms with Gasteiger partial charge in [-0.2, -0.15) is 5.26 Å². The van der Waals surface area contributed by atoms with Crippen molar-refractivity contribution >= 4 is 11.7 Å². The zero-order chi connectivity index (χ0) is 17.5. The van der Waals surface area contributed by atoms with Crippen molar-refractivity contribution < 1.29 is 4.79 Å². The Bertz CT molecular complexity index is 715. The molecule has 2 aromatic rings. The monoisotopic (exact) mass is 322 g/mol. The van der Waals surface area contributed by atoms with Crippen molar-refractivity contribution in [3.63, 3.8) is 0 Å². The summed E-state index contributed by atoms with van der Waals surface area (Å²) >= 11 is 0. The van der Waals surface area contributed by atoms with Crippen LogP contribution in [-0.2, 0) is 13.1 Å². The molecule has 5 heteroatoms. The Morgan fingerprint density at radius 2 is 1.50 bits per heavy atom. The molecule has 0 fully saturated rings. The first-order valence-corrected chi connectivity index (χ1v) is 7.73. The minimum atomic E-state index is -0.183. The second-order valence-corrected chi connectivity index (χ2v) is 6.03. The van der Waals surface area contributed by atoms with Crippen LogP contribution >= 0.6 is 0 Å². The number of nitriles is 1. The average molecular weight is 322 g/mol. The molecule has 0 atom stereocenters. The highest BCUT2D eigenvalue weighted by atomic mass is 16.2. The minimum Gasteiger partial charge on any atom is -0.323 e. The van der Waals surface area contributed by atoms with Crippen LogP contribution in [0.1, 0.15) is 16.7 Å². The fourth-order valence-electron chi connectivity index (χ4n) is 2.31. The Balaban J connectivity index is 1.92. The van der Waals surface area contributed by atoms with Gasteiger partial charge >= 0.3 is 6.03 Å². The van der Waals surface area contributed by atoms with Crippen LogP contribution in [0.3, 0.4) is 0 Å². The number of urea groups is 1. The van der Waals surface area contributed by atoms with Crippen molar-refractivity contribution in [3.8, 4) is 6.07 Å². The van der Waals surface area contributed by atoms with Gasteiger partial charge in [0.15, 0.2) is 0 Å². The van der Waals surface area contributed by atoms with E-state index in [0.29, 0.717) is 17.8 Å². The van der Waals surface area contributed by atoms with Crippen molar-refractivity contribution in [2.45, 2.75) is 13.1 Å². The molecule has 0 spiro atoms. The maximum absolute atomic E-state index is 12.2. The summed E-state index contributed by atoms with van der Waals surface area (Å²) in [6.45, 7) is 1.43. The molecule has 1 N–H and O–H groups in total. The Hall–Kier alpha value is -2.84. The largest absolute Gasteiger partial charge is 0.323 e. The molecule has 124 valence electrons. The molecular weight excluding hydrogens is 300 g/mol. The lowest BCUT2D eigenvalue weighted by molar-refractivity contribution is 0.220. The zero-order valence-electron chi connectivity index (χ0n) is 14.3. The highest BCUT2D eigenvalue weighted by Gasteiger charge is 2.09. The molecule has 5 nitrogen and oxygen atoms in total. The van der Waals surface area contributed by atoms with Gasteiger partial charge in [0.2, 0.25) is 0 Å². The molecule has 0 heterocycles. The van der Waals surface area contributed by atoms with Gasteiger partial charge in [-0.1, -0.05) is 24.3 Å². The fraction of sp³-hybridized carbons (Fsp3) is 0.263. The topological polar surface area (TPSA) is 59.4 Å². The molecule has 0 aromatic heterocycles. The number of nitrogens with zero attached hydrogens (tertiary/aromatic N) is 3. The Morgan fingerprint density at radius 3 is 2.00 bits per heavy atom. The van der Waals surface area contributed by atoms with E-state index in [1.54, 1.807) is 36.2 Å². The number of carbonyl (C=O) groups is 1. The van der Waals surface area contributed by atoms with E-state index in [1.807, 2.05) is 26.2 Å². The SMILES string of the molecule is CN(C)Cc1ccc(CN(C)C(=O)Nc2ccc(C#N)cc2)cc1. The number of anilines is 1. The van der Waals surface area contributed by atoms with Crippen LogP contribution in [0, 0.1) is 11.3 Å². The number of rotatable bonds is 5. The average Bonchev–Trinajstić information content (AvgIpc) is 2.56. The van der Waals surface area contributed by atoms with Crippen LogP contribution in [0.25, 0.3) is 0 Å². The van der Waals surface area contributed by atoms with Crippen LogP contribution in [0.4, 0.5) is 10.5 Å². The zero-order valence-corrected chi connectivity index (χ0v) is 14.3. The molecule has 2 rings (SSSR count). The number of nitrogens with one attached hydrogen (secondary N) is 1. The molecule has 0 bridgehead atoms. The standard InChI is InChI=1S/C19H22N4O/c1-22(2)13-16-4-6-17(7-5-16)14-23(3)19(24)21-18-10-8-15(12-20)9-11-18/h4-11H,13-14H2,1-3H3,(H,21,24). The summed E-state index contributed by atoms with van der Waals surface area (Å²) < 4.78 is 0. The van der Waals surface area contributed by atoms with E-state index < -0.39 is 0 Å². The fourth-order valence-corrected chi connectivity index (χ4v) is 2.31. The van der Waals surface area contributed by atoms with E-state index in [0.717, 1.165) is 12.1 Å². The summed E-state index contributed by atoms with van der Waals surface area (Å²) in [5, 5.41) is 11.6. The lowest BCUT2D eigenvalue weighted by Crippen LogP contribution is -2.30. The molecule has 2 amide bonds. The van der Waals surface area contributed by atoms with Crippen molar-refractivity contribution in [3.05, 3.63) is 65.2 Å². The summed E-state index contributed by atoms with van der Waals surface area (Å²) in [6, 6.07) is 16.9. The highest BCUT2D eigenvalue weighted by molar-refractivity contribution is 5.89. The summed E-state index contributed by atoms with van der Waals surface area (Å²) in [7, 11) is 5.83. The summed E-state index contributed by atoms with van der Waals surface area (Å²) in [4.78, 5) is 16.0. The molecule has 0 radical (unpaired) electrons. The Labute approximate surface area is 143 Å². The lowest BCUT2D eigenvalue weighted by atomic mass is 10.1. The first-order chi connectivity index (χ1) is 11.5. The normalized spacial score (nSPS) is 10.3. The van der Waals surface area contributed by atoms with Crippen molar-refractivity contribution in [2.75, 3.05) is 26.5 Å². The van der Waals surface area contributed by atoms with Gasteiger partial charge in [-0.3, -0.25) is 0 Å². The molecule has 0 saturated carbocycles. The molecule has 0 aliphatic heterocycles. The van der Waals surface area contributed by atoms with Gasteiger partial charge in [-0.15, -0.1) is 0 Å². The maximum atomic E-state index is 12.2. The van der Waals surface area contributed by atoms with Crippen molar-refractivity contribution in [1.82, 2.24) is 9.80 Å². The van der Waals surface area contributed by atoms with Gasteiger partial charge in [0.25, 0.3) is 0 Å². The third kappa shape index (κ3) is 5.11. The lowest BCUT2D eigenvalue weighted by Gasteiger charge is -2.18. The second kappa shape index (κ2) is 8.14. The van der Waals surface area contributed by atoms with E-state index in [9.17, 15) is 4.79 Å². The van der Waals surface area contributed by atoms with Crippen LogP contribution in [0.5, 0.6) is 0 Å². The first kappa shape index (κ1) is 17.5. The maximum Gasteiger partial charge on any atom is 0.321 e. The molecule has 24 heavy (non-hydrogen) atoms. The number of carbonyl (C=O) groups excluding carboxylic acids is 1. The third-order valence-electron chi connectivity index (χ3n) is 3.55. The van der Waals surface area contributed by atoms with E-state index in [-0.39, 0.29) is 6.03 Å². The van der Waals surface area contributed by atoms with Crippen LogP contribution in [0.15, 0.2) is 48.5 Å². The van der Waals surface area contributed by atoms with Gasteiger partial charge in [0.05, 0.1) is 11.6 Å². The van der Waals surface area contributed by atoms with Gasteiger partial charge in [-0.05, 0) is 49.5 Å². The van der Waals surface area contributed by atoms with Crippen LogP contribution in [0.2, 0.25) is 0 Å². The van der Waals surface area contributed by atoms with Gasteiger partial charge in [0.1, 0.15) is 0 Å². The van der Waals surface area contributed by atoms with Crippen molar-refractivity contribution in [2.24, 2.45) is 0 Å². The molecule has 2 aromatic carbocycles. The molecule has 0 aliphatic rings. The van der Waals surface area contributed by atoms with Crippen molar-refractivity contribution in [1.29, 1.82) is 5.26 Å². The number of benzene rings is 2. The smallest absolute Gasteiger partial charge is 0.321 e. The number of hydrogen-bond donors (Lipinski definition) is 1. The first-order valence-electron chi connectivity index (χ1n) is 7.73. The van der Waals surface area contributed by atoms with E-state index in [2.05, 4.69) is 28.4 Å². The predicted octanol–water partition coefficient (Wildman–Crippen LogP) is 3.28. The van der Waals surface area contributed by atoms with Gasteiger partial charge < -0.3 is 15.1 Å². The number of hydrogen-bond acceptors (Lipinski definition) is 3. The summed E-state index contributed by atoms with van der Waals surface area (Å²) in [5.74, 6) is 0. The van der Waals surface area contributed by atoms with Gasteiger partial charge in [-0.25, -0.2) is 4.79 Å². The Kier molecular flexibility index (Phi) is 5.94.